The maximum atomic E-state index is 13.5. The summed E-state index contributed by atoms with van der Waals surface area (Å²) in [6.45, 7) is 0.930. The molecule has 2 aromatic carbocycles. The van der Waals surface area contributed by atoms with E-state index < -0.39 is 0 Å². The van der Waals surface area contributed by atoms with Crippen LogP contribution in [-0.2, 0) is 23.0 Å². The summed E-state index contributed by atoms with van der Waals surface area (Å²) in [5.74, 6) is 0.364. The molecule has 1 aliphatic heterocycles. The maximum Gasteiger partial charge on any atom is 0.123 e. The predicted octanol–water partition coefficient (Wildman–Crippen LogP) is 5.95. The average molecular weight is 454 g/mol. The van der Waals surface area contributed by atoms with Crippen LogP contribution in [-0.4, -0.2) is 27.0 Å². The molecule has 2 aromatic heterocycles. The molecule has 34 heavy (non-hydrogen) atoms. The van der Waals surface area contributed by atoms with Gasteiger partial charge in [-0.3, -0.25) is 4.98 Å². The average Bonchev–Trinajstić information content (AvgIpc) is 3.52. The predicted molar refractivity (Wildman–Crippen MR) is 130 cm³/mol. The SMILES string of the molecule is Fc1ccc(-n2ncc3cc4c(cc32)CCC[C@H]2C[C@]3(CC[C@@]42Cc2ccccn2)CO3)cc1. The lowest BCUT2D eigenvalue weighted by atomic mass is 9.57. The van der Waals surface area contributed by atoms with Crippen molar-refractivity contribution >= 4 is 10.9 Å². The number of ether oxygens (including phenoxy) is 1. The van der Waals surface area contributed by atoms with E-state index in [-0.39, 0.29) is 16.8 Å². The van der Waals surface area contributed by atoms with Crippen molar-refractivity contribution in [2.75, 3.05) is 6.61 Å². The number of hydrogen-bond acceptors (Lipinski definition) is 3. The molecule has 4 nitrogen and oxygen atoms in total. The van der Waals surface area contributed by atoms with Crippen molar-refractivity contribution in [2.45, 2.75) is 56.0 Å². The summed E-state index contributed by atoms with van der Waals surface area (Å²) in [6.07, 6.45) is 11.8. The Morgan fingerprint density at radius 3 is 2.76 bits per heavy atom. The Morgan fingerprint density at radius 2 is 1.97 bits per heavy atom. The van der Waals surface area contributed by atoms with Crippen LogP contribution < -0.4 is 0 Å². The van der Waals surface area contributed by atoms with Crippen molar-refractivity contribution in [3.05, 3.63) is 89.6 Å². The lowest BCUT2D eigenvalue weighted by Gasteiger charge is -2.47. The van der Waals surface area contributed by atoms with Gasteiger partial charge in [0.25, 0.3) is 0 Å². The zero-order chi connectivity index (χ0) is 22.8. The fraction of sp³-hybridized carbons (Fsp3) is 0.379. The number of nitrogens with zero attached hydrogens (tertiary/aromatic N) is 3. The number of benzene rings is 2. The molecule has 4 aromatic rings. The number of aromatic nitrogens is 3. The van der Waals surface area contributed by atoms with E-state index in [2.05, 4.69) is 24.3 Å². The minimum Gasteiger partial charge on any atom is -0.370 e. The van der Waals surface area contributed by atoms with Crippen LogP contribution in [0.25, 0.3) is 16.6 Å². The van der Waals surface area contributed by atoms with Gasteiger partial charge in [0.1, 0.15) is 5.82 Å². The zero-order valence-electron chi connectivity index (χ0n) is 19.2. The lowest BCUT2D eigenvalue weighted by molar-refractivity contribution is 0.0991. The van der Waals surface area contributed by atoms with E-state index in [4.69, 9.17) is 14.8 Å². The molecule has 0 N–H and O–H groups in total. The number of halogens is 1. The first-order valence-corrected chi connectivity index (χ1v) is 12.5. The number of rotatable bonds is 3. The Balaban J connectivity index is 1.38. The minimum atomic E-state index is -0.230. The Labute approximate surface area is 198 Å². The number of pyridine rings is 1. The van der Waals surface area contributed by atoms with Gasteiger partial charge in [-0.2, -0.15) is 5.10 Å². The molecule has 3 heterocycles. The van der Waals surface area contributed by atoms with Crippen LogP contribution in [0.5, 0.6) is 0 Å². The van der Waals surface area contributed by atoms with Crippen LogP contribution in [0.15, 0.2) is 67.0 Å². The quantitative estimate of drug-likeness (QED) is 0.360. The van der Waals surface area contributed by atoms with Crippen LogP contribution in [0.3, 0.4) is 0 Å². The van der Waals surface area contributed by atoms with Crippen LogP contribution in [0.2, 0.25) is 0 Å². The van der Waals surface area contributed by atoms with Gasteiger partial charge in [-0.15, -0.1) is 0 Å². The number of epoxide rings is 1. The van der Waals surface area contributed by atoms with E-state index in [1.807, 2.05) is 23.1 Å². The summed E-state index contributed by atoms with van der Waals surface area (Å²) >= 11 is 0. The number of aryl methyl sites for hydroxylation is 1. The second-order valence-electron chi connectivity index (χ2n) is 10.5. The Kier molecular flexibility index (Phi) is 4.47. The highest BCUT2D eigenvalue weighted by Crippen LogP contribution is 2.57. The smallest absolute Gasteiger partial charge is 0.123 e. The first-order valence-electron chi connectivity index (χ1n) is 12.5. The Hall–Kier alpha value is -3.05. The van der Waals surface area contributed by atoms with Gasteiger partial charge in [-0.05, 0) is 111 Å². The number of hydrogen-bond donors (Lipinski definition) is 0. The van der Waals surface area contributed by atoms with Crippen molar-refractivity contribution in [1.29, 1.82) is 0 Å². The van der Waals surface area contributed by atoms with Crippen molar-refractivity contribution < 1.29 is 9.13 Å². The van der Waals surface area contributed by atoms with Crippen molar-refractivity contribution in [2.24, 2.45) is 5.92 Å². The largest absolute Gasteiger partial charge is 0.370 e. The topological polar surface area (TPSA) is 43.2 Å². The van der Waals surface area contributed by atoms with Crippen LogP contribution in [0, 0.1) is 11.7 Å². The van der Waals surface area contributed by atoms with Gasteiger partial charge in [0.2, 0.25) is 0 Å². The van der Waals surface area contributed by atoms with Crippen molar-refractivity contribution in [1.82, 2.24) is 14.8 Å². The van der Waals surface area contributed by atoms with E-state index in [9.17, 15) is 4.39 Å². The van der Waals surface area contributed by atoms with E-state index in [1.54, 1.807) is 12.1 Å². The van der Waals surface area contributed by atoms with Gasteiger partial charge in [-0.25, -0.2) is 9.07 Å². The third kappa shape index (κ3) is 3.21. The van der Waals surface area contributed by atoms with E-state index >= 15 is 0 Å². The standard InChI is InChI=1S/C29H28FN3O/c30-23-7-9-25(10-8-23)33-27-15-20-4-3-5-22-16-28(19-34-28)11-12-29(22,17-24-6-1-2-13-31-24)26(20)14-21(27)18-32-33/h1-2,6-10,13-15,18,22H,3-5,11-12,16-17,19H2/t22-,28+,29-/m0/s1. The molecule has 5 heteroatoms. The molecule has 1 saturated carbocycles. The fourth-order valence-electron chi connectivity index (χ4n) is 6.77. The van der Waals surface area contributed by atoms with Gasteiger partial charge >= 0.3 is 0 Å². The summed E-state index contributed by atoms with van der Waals surface area (Å²) in [5, 5.41) is 5.84. The fourth-order valence-corrected chi connectivity index (χ4v) is 6.77. The number of fused-ring (bicyclic) bond motifs is 4. The lowest BCUT2D eigenvalue weighted by Crippen LogP contribution is -2.45. The third-order valence-corrected chi connectivity index (χ3v) is 8.60. The van der Waals surface area contributed by atoms with Gasteiger partial charge in [0, 0.05) is 22.7 Å². The van der Waals surface area contributed by atoms with Crippen LogP contribution >= 0.6 is 0 Å². The molecular formula is C29H28FN3O. The molecule has 172 valence electrons. The normalized spacial score (nSPS) is 27.9. The van der Waals surface area contributed by atoms with Gasteiger partial charge in [0.05, 0.1) is 29.6 Å². The summed E-state index contributed by atoms with van der Waals surface area (Å²) in [4.78, 5) is 4.75. The highest BCUT2D eigenvalue weighted by molar-refractivity contribution is 5.82. The van der Waals surface area contributed by atoms with Gasteiger partial charge in [-0.1, -0.05) is 6.07 Å². The molecule has 0 unspecified atom stereocenters. The molecular weight excluding hydrogens is 425 g/mol. The second-order valence-corrected chi connectivity index (χ2v) is 10.5. The molecule has 2 aliphatic carbocycles. The van der Waals surface area contributed by atoms with E-state index in [0.717, 1.165) is 55.3 Å². The highest BCUT2D eigenvalue weighted by Gasteiger charge is 2.57. The summed E-state index contributed by atoms with van der Waals surface area (Å²) in [6, 6.07) is 17.6. The summed E-state index contributed by atoms with van der Waals surface area (Å²) in [7, 11) is 0. The molecule has 3 atom stereocenters. The van der Waals surface area contributed by atoms with Crippen molar-refractivity contribution in [3.8, 4) is 5.69 Å². The van der Waals surface area contributed by atoms with E-state index in [0.29, 0.717) is 5.92 Å². The van der Waals surface area contributed by atoms with Crippen LogP contribution in [0.1, 0.15) is 48.9 Å². The minimum absolute atomic E-state index is 0.0730. The van der Waals surface area contributed by atoms with E-state index in [1.165, 1.54) is 41.8 Å². The van der Waals surface area contributed by atoms with Crippen LogP contribution in [0.4, 0.5) is 4.39 Å². The molecule has 0 amide bonds. The summed E-state index contributed by atoms with van der Waals surface area (Å²) < 4.78 is 21.4. The summed E-state index contributed by atoms with van der Waals surface area (Å²) in [5.41, 5.74) is 6.29. The zero-order valence-corrected chi connectivity index (χ0v) is 19.2. The van der Waals surface area contributed by atoms with Gasteiger partial charge < -0.3 is 4.74 Å². The Bertz CT molecular complexity index is 1360. The highest BCUT2D eigenvalue weighted by atomic mass is 19.1. The van der Waals surface area contributed by atoms with Gasteiger partial charge in [0.15, 0.2) is 0 Å². The third-order valence-electron chi connectivity index (χ3n) is 8.60. The monoisotopic (exact) mass is 453 g/mol. The first kappa shape index (κ1) is 20.3. The maximum absolute atomic E-state index is 13.5. The molecule has 0 bridgehead atoms. The first-order chi connectivity index (χ1) is 16.6. The molecule has 2 fully saturated rings. The molecule has 1 saturated heterocycles. The molecule has 1 spiro atoms. The second kappa shape index (κ2) is 7.47. The molecule has 3 aliphatic rings. The Morgan fingerprint density at radius 1 is 1.09 bits per heavy atom. The molecule has 7 rings (SSSR count). The molecule has 0 radical (unpaired) electrons. The van der Waals surface area contributed by atoms with Crippen molar-refractivity contribution in [3.63, 3.8) is 0 Å².